The molecule has 1 aliphatic rings. The Bertz CT molecular complexity index is 692. The average Bonchev–Trinajstić information content (AvgIpc) is 2.87. The maximum absolute atomic E-state index is 13.5. The molecule has 1 aliphatic heterocycles. The number of β-amino-alcohol motifs (C(OH)–C–C–N with tert-alkyl or cyclic N) is 1. The number of hydrogen-bond donors (Lipinski definition) is 1. The summed E-state index contributed by atoms with van der Waals surface area (Å²) in [6, 6.07) is 10.4. The second-order valence-corrected chi connectivity index (χ2v) is 6.03. The SMILES string of the molecule is COc1cc(C)nc(CN2CC(O)CC2c2cccc(F)c2)c1. The second kappa shape index (κ2) is 6.64. The van der Waals surface area contributed by atoms with Crippen LogP contribution in [0.4, 0.5) is 4.39 Å². The van der Waals surface area contributed by atoms with Crippen LogP contribution in [0, 0.1) is 12.7 Å². The van der Waals surface area contributed by atoms with Gasteiger partial charge in [0.25, 0.3) is 0 Å². The van der Waals surface area contributed by atoms with Gasteiger partial charge in [0.2, 0.25) is 0 Å². The smallest absolute Gasteiger partial charge is 0.123 e. The Morgan fingerprint density at radius 1 is 1.35 bits per heavy atom. The number of benzene rings is 1. The van der Waals surface area contributed by atoms with Gasteiger partial charge in [-0.15, -0.1) is 0 Å². The van der Waals surface area contributed by atoms with Crippen LogP contribution >= 0.6 is 0 Å². The summed E-state index contributed by atoms with van der Waals surface area (Å²) in [7, 11) is 1.63. The molecule has 0 bridgehead atoms. The maximum Gasteiger partial charge on any atom is 0.123 e. The van der Waals surface area contributed by atoms with Crippen LogP contribution in [0.1, 0.15) is 29.4 Å². The largest absolute Gasteiger partial charge is 0.497 e. The molecule has 0 aliphatic carbocycles. The third kappa shape index (κ3) is 3.68. The van der Waals surface area contributed by atoms with Gasteiger partial charge < -0.3 is 9.84 Å². The third-order valence-corrected chi connectivity index (χ3v) is 4.20. The van der Waals surface area contributed by atoms with Crippen molar-refractivity contribution in [1.29, 1.82) is 0 Å². The number of rotatable bonds is 4. The molecular weight excluding hydrogens is 295 g/mol. The summed E-state index contributed by atoms with van der Waals surface area (Å²) in [5.74, 6) is 0.522. The van der Waals surface area contributed by atoms with Gasteiger partial charge in [-0.3, -0.25) is 9.88 Å². The summed E-state index contributed by atoms with van der Waals surface area (Å²) in [5, 5.41) is 10.1. The standard InChI is InChI=1S/C18H21FN2O2/c1-12-6-17(23-2)8-15(20-12)10-21-11-16(22)9-18(21)13-4-3-5-14(19)7-13/h3-8,16,18,22H,9-11H2,1-2H3. The van der Waals surface area contributed by atoms with E-state index in [4.69, 9.17) is 4.74 Å². The lowest BCUT2D eigenvalue weighted by Crippen LogP contribution is -2.25. The topological polar surface area (TPSA) is 45.6 Å². The molecular formula is C18H21FN2O2. The summed E-state index contributed by atoms with van der Waals surface area (Å²) in [4.78, 5) is 6.68. The molecule has 1 N–H and O–H groups in total. The lowest BCUT2D eigenvalue weighted by atomic mass is 10.0. The monoisotopic (exact) mass is 316 g/mol. The second-order valence-electron chi connectivity index (χ2n) is 6.03. The fourth-order valence-corrected chi connectivity index (χ4v) is 3.22. The molecule has 3 rings (SSSR count). The number of halogens is 1. The van der Waals surface area contributed by atoms with Crippen molar-refractivity contribution in [2.45, 2.75) is 32.0 Å². The molecule has 4 nitrogen and oxygen atoms in total. The van der Waals surface area contributed by atoms with Crippen LogP contribution in [-0.2, 0) is 6.54 Å². The maximum atomic E-state index is 13.5. The van der Waals surface area contributed by atoms with E-state index in [-0.39, 0.29) is 11.9 Å². The molecule has 2 atom stereocenters. The lowest BCUT2D eigenvalue weighted by molar-refractivity contribution is 0.172. The molecule has 1 saturated heterocycles. The van der Waals surface area contributed by atoms with Crippen molar-refractivity contribution >= 4 is 0 Å². The van der Waals surface area contributed by atoms with Gasteiger partial charge >= 0.3 is 0 Å². The predicted octanol–water partition coefficient (Wildman–Crippen LogP) is 2.85. The van der Waals surface area contributed by atoms with Gasteiger partial charge in [-0.05, 0) is 31.0 Å². The summed E-state index contributed by atoms with van der Waals surface area (Å²) >= 11 is 0. The number of likely N-dealkylation sites (tertiary alicyclic amines) is 1. The Morgan fingerprint density at radius 3 is 2.91 bits per heavy atom. The van der Waals surface area contributed by atoms with Crippen LogP contribution in [0.3, 0.4) is 0 Å². The highest BCUT2D eigenvalue weighted by molar-refractivity contribution is 5.27. The van der Waals surface area contributed by atoms with Crippen LogP contribution in [-0.4, -0.2) is 34.7 Å². The first-order chi connectivity index (χ1) is 11.0. The Labute approximate surface area is 135 Å². The van der Waals surface area contributed by atoms with E-state index in [0.717, 1.165) is 22.7 Å². The van der Waals surface area contributed by atoms with Gasteiger partial charge in [0, 0.05) is 37.0 Å². The van der Waals surface area contributed by atoms with Crippen molar-refractivity contribution in [3.63, 3.8) is 0 Å². The summed E-state index contributed by atoms with van der Waals surface area (Å²) in [6.07, 6.45) is 0.196. The Hall–Kier alpha value is -1.98. The third-order valence-electron chi connectivity index (χ3n) is 4.20. The first kappa shape index (κ1) is 15.9. The predicted molar refractivity (Wildman–Crippen MR) is 85.7 cm³/mol. The van der Waals surface area contributed by atoms with Crippen LogP contribution < -0.4 is 4.74 Å². The van der Waals surface area contributed by atoms with Crippen molar-refractivity contribution < 1.29 is 14.2 Å². The highest BCUT2D eigenvalue weighted by Crippen LogP contribution is 2.33. The first-order valence-corrected chi connectivity index (χ1v) is 7.74. The number of pyridine rings is 1. The van der Waals surface area contributed by atoms with E-state index < -0.39 is 6.10 Å². The molecule has 0 radical (unpaired) electrons. The minimum Gasteiger partial charge on any atom is -0.497 e. The zero-order valence-corrected chi connectivity index (χ0v) is 13.4. The van der Waals surface area contributed by atoms with Crippen molar-refractivity contribution in [3.05, 3.63) is 59.2 Å². The molecule has 122 valence electrons. The van der Waals surface area contributed by atoms with E-state index in [1.165, 1.54) is 6.07 Å². The highest BCUT2D eigenvalue weighted by Gasteiger charge is 2.32. The van der Waals surface area contributed by atoms with E-state index in [1.807, 2.05) is 25.1 Å². The number of aryl methyl sites for hydroxylation is 1. The Balaban J connectivity index is 1.84. The van der Waals surface area contributed by atoms with Gasteiger partial charge in [-0.2, -0.15) is 0 Å². The summed E-state index contributed by atoms with van der Waals surface area (Å²) in [5.41, 5.74) is 2.67. The van der Waals surface area contributed by atoms with Gasteiger partial charge in [0.1, 0.15) is 11.6 Å². The van der Waals surface area contributed by atoms with Crippen LogP contribution in [0.5, 0.6) is 5.75 Å². The average molecular weight is 316 g/mol. The van der Waals surface area contributed by atoms with Crippen LogP contribution in [0.15, 0.2) is 36.4 Å². The van der Waals surface area contributed by atoms with Crippen molar-refractivity contribution in [3.8, 4) is 5.75 Å². The minimum atomic E-state index is -0.407. The van der Waals surface area contributed by atoms with E-state index in [9.17, 15) is 9.50 Å². The molecule has 0 amide bonds. The van der Waals surface area contributed by atoms with E-state index >= 15 is 0 Å². The van der Waals surface area contributed by atoms with E-state index in [2.05, 4.69) is 9.88 Å². The van der Waals surface area contributed by atoms with Crippen molar-refractivity contribution in [1.82, 2.24) is 9.88 Å². The highest BCUT2D eigenvalue weighted by atomic mass is 19.1. The quantitative estimate of drug-likeness (QED) is 0.942. The minimum absolute atomic E-state index is 0.00555. The van der Waals surface area contributed by atoms with Gasteiger partial charge in [0.05, 0.1) is 18.9 Å². The molecule has 0 spiro atoms. The summed E-state index contributed by atoms with van der Waals surface area (Å²) in [6.45, 7) is 3.07. The molecule has 0 saturated carbocycles. The molecule has 2 unspecified atom stereocenters. The van der Waals surface area contributed by atoms with E-state index in [0.29, 0.717) is 19.5 Å². The zero-order chi connectivity index (χ0) is 16.4. The van der Waals surface area contributed by atoms with Gasteiger partial charge in [-0.25, -0.2) is 4.39 Å². The van der Waals surface area contributed by atoms with Gasteiger partial charge in [-0.1, -0.05) is 12.1 Å². The fourth-order valence-electron chi connectivity index (χ4n) is 3.22. The van der Waals surface area contributed by atoms with Crippen LogP contribution in [0.25, 0.3) is 0 Å². The van der Waals surface area contributed by atoms with Crippen molar-refractivity contribution in [2.24, 2.45) is 0 Å². The summed E-state index contributed by atoms with van der Waals surface area (Å²) < 4.78 is 18.8. The molecule has 5 heteroatoms. The molecule has 2 aromatic rings. The number of hydrogen-bond acceptors (Lipinski definition) is 4. The zero-order valence-electron chi connectivity index (χ0n) is 13.4. The lowest BCUT2D eigenvalue weighted by Gasteiger charge is -2.24. The Morgan fingerprint density at radius 2 is 2.17 bits per heavy atom. The number of aromatic nitrogens is 1. The number of methoxy groups -OCH3 is 1. The number of aliphatic hydroxyl groups excluding tert-OH is 1. The normalized spacial score (nSPS) is 21.6. The first-order valence-electron chi connectivity index (χ1n) is 7.74. The molecule has 2 heterocycles. The molecule has 23 heavy (non-hydrogen) atoms. The number of nitrogens with zero attached hydrogens (tertiary/aromatic N) is 2. The van der Waals surface area contributed by atoms with Gasteiger partial charge in [0.15, 0.2) is 0 Å². The van der Waals surface area contributed by atoms with E-state index in [1.54, 1.807) is 19.2 Å². The van der Waals surface area contributed by atoms with Crippen molar-refractivity contribution in [2.75, 3.05) is 13.7 Å². The van der Waals surface area contributed by atoms with Crippen LogP contribution in [0.2, 0.25) is 0 Å². The number of ether oxygens (including phenoxy) is 1. The number of aliphatic hydroxyl groups is 1. The fraction of sp³-hybridized carbons (Fsp3) is 0.389. The molecule has 1 aromatic carbocycles. The Kier molecular flexibility index (Phi) is 4.59. The molecule has 1 aromatic heterocycles. The molecule has 1 fully saturated rings.